The van der Waals surface area contributed by atoms with Crippen LogP contribution in [0.25, 0.3) is 0 Å². The molecule has 0 heterocycles. The van der Waals surface area contributed by atoms with E-state index >= 15 is 0 Å². The van der Waals surface area contributed by atoms with Gasteiger partial charge in [0.2, 0.25) is 5.91 Å². The summed E-state index contributed by atoms with van der Waals surface area (Å²) in [5.41, 5.74) is 0. The molecule has 0 saturated heterocycles. The molecule has 3 heteroatoms. The van der Waals surface area contributed by atoms with Gasteiger partial charge in [-0.15, -0.1) is 0 Å². The Balaban J connectivity index is 2.11. The molecule has 0 aromatic heterocycles. The van der Waals surface area contributed by atoms with Crippen LogP contribution in [0.15, 0.2) is 0 Å². The third-order valence-corrected chi connectivity index (χ3v) is 2.53. The van der Waals surface area contributed by atoms with Gasteiger partial charge in [0.25, 0.3) is 0 Å². The normalized spacial score (nSPS) is 29.3. The number of rotatable bonds is 3. The SMILES string of the molecule is CC1CC(C(=O)NCCBr)C1. The minimum atomic E-state index is 0.238. The molecule has 2 nitrogen and oxygen atoms in total. The third-order valence-electron chi connectivity index (χ3n) is 2.14. The summed E-state index contributed by atoms with van der Waals surface area (Å²) < 4.78 is 0. The van der Waals surface area contributed by atoms with Crippen molar-refractivity contribution in [1.82, 2.24) is 5.32 Å². The molecule has 0 unspecified atom stereocenters. The van der Waals surface area contributed by atoms with Crippen LogP contribution in [0.5, 0.6) is 0 Å². The largest absolute Gasteiger partial charge is 0.355 e. The second-order valence-electron chi connectivity index (χ2n) is 3.25. The number of hydrogen-bond donors (Lipinski definition) is 1. The van der Waals surface area contributed by atoms with Gasteiger partial charge in [0.05, 0.1) is 0 Å². The van der Waals surface area contributed by atoms with E-state index in [0.29, 0.717) is 5.92 Å². The van der Waals surface area contributed by atoms with Crippen LogP contribution in [-0.2, 0) is 4.79 Å². The van der Waals surface area contributed by atoms with E-state index in [-0.39, 0.29) is 5.91 Å². The van der Waals surface area contributed by atoms with E-state index < -0.39 is 0 Å². The Morgan fingerprint density at radius 2 is 2.27 bits per heavy atom. The van der Waals surface area contributed by atoms with Crippen molar-refractivity contribution in [2.24, 2.45) is 11.8 Å². The molecule has 0 radical (unpaired) electrons. The number of carbonyl (C=O) groups is 1. The molecule has 0 atom stereocenters. The van der Waals surface area contributed by atoms with Crippen LogP contribution in [0.4, 0.5) is 0 Å². The van der Waals surface area contributed by atoms with E-state index in [1.165, 1.54) is 0 Å². The van der Waals surface area contributed by atoms with E-state index in [4.69, 9.17) is 0 Å². The quantitative estimate of drug-likeness (QED) is 0.718. The molecule has 1 rings (SSSR count). The third kappa shape index (κ3) is 2.47. The fourth-order valence-electron chi connectivity index (χ4n) is 1.43. The first kappa shape index (κ1) is 9.04. The lowest BCUT2D eigenvalue weighted by Gasteiger charge is -2.31. The molecule has 1 aliphatic carbocycles. The second-order valence-corrected chi connectivity index (χ2v) is 4.05. The van der Waals surface area contributed by atoms with Crippen molar-refractivity contribution in [2.45, 2.75) is 19.8 Å². The molecule has 1 N–H and O–H groups in total. The number of nitrogens with one attached hydrogen (secondary N) is 1. The standard InChI is InChI=1S/C8H14BrNO/c1-6-4-7(5-6)8(11)10-3-2-9/h6-7H,2-5H2,1H3,(H,10,11). The fourth-order valence-corrected chi connectivity index (χ4v) is 1.63. The average molecular weight is 220 g/mol. The number of halogens is 1. The van der Waals surface area contributed by atoms with E-state index in [2.05, 4.69) is 28.2 Å². The molecule has 0 spiro atoms. The Morgan fingerprint density at radius 1 is 1.64 bits per heavy atom. The Kier molecular flexibility index (Phi) is 3.37. The summed E-state index contributed by atoms with van der Waals surface area (Å²) >= 11 is 3.26. The summed E-state index contributed by atoms with van der Waals surface area (Å²) in [6.45, 7) is 2.94. The summed E-state index contributed by atoms with van der Waals surface area (Å²) in [6.07, 6.45) is 2.15. The molecule has 1 saturated carbocycles. The Hall–Kier alpha value is -0.0500. The van der Waals surface area contributed by atoms with Crippen molar-refractivity contribution in [3.63, 3.8) is 0 Å². The average Bonchev–Trinajstić information content (AvgIpc) is 1.94. The highest BCUT2D eigenvalue weighted by molar-refractivity contribution is 9.09. The minimum Gasteiger partial charge on any atom is -0.355 e. The minimum absolute atomic E-state index is 0.238. The van der Waals surface area contributed by atoms with Gasteiger partial charge in [-0.2, -0.15) is 0 Å². The van der Waals surface area contributed by atoms with Crippen molar-refractivity contribution < 1.29 is 4.79 Å². The maximum absolute atomic E-state index is 11.2. The zero-order valence-corrected chi connectivity index (χ0v) is 8.36. The predicted octanol–water partition coefficient (Wildman–Crippen LogP) is 1.54. The highest BCUT2D eigenvalue weighted by Gasteiger charge is 2.30. The van der Waals surface area contributed by atoms with Gasteiger partial charge in [0.1, 0.15) is 0 Å². The Bertz CT molecular complexity index is 143. The summed E-state index contributed by atoms with van der Waals surface area (Å²) in [5.74, 6) is 1.31. The van der Waals surface area contributed by atoms with Crippen molar-refractivity contribution in [2.75, 3.05) is 11.9 Å². The second kappa shape index (κ2) is 4.10. The molecule has 11 heavy (non-hydrogen) atoms. The van der Waals surface area contributed by atoms with Crippen LogP contribution in [0.3, 0.4) is 0 Å². The molecule has 0 aromatic rings. The molecule has 0 aliphatic heterocycles. The molecule has 1 amide bonds. The summed E-state index contributed by atoms with van der Waals surface area (Å²) in [4.78, 5) is 11.2. The summed E-state index contributed by atoms with van der Waals surface area (Å²) in [6, 6.07) is 0. The zero-order valence-electron chi connectivity index (χ0n) is 6.77. The molecule has 1 aliphatic rings. The molecule has 0 aromatic carbocycles. The van der Waals surface area contributed by atoms with E-state index in [0.717, 1.165) is 30.6 Å². The smallest absolute Gasteiger partial charge is 0.223 e. The highest BCUT2D eigenvalue weighted by Crippen LogP contribution is 2.32. The van der Waals surface area contributed by atoms with Gasteiger partial charge in [-0.1, -0.05) is 22.9 Å². The molecule has 0 bridgehead atoms. The monoisotopic (exact) mass is 219 g/mol. The topological polar surface area (TPSA) is 29.1 Å². The van der Waals surface area contributed by atoms with Crippen LogP contribution in [-0.4, -0.2) is 17.8 Å². The van der Waals surface area contributed by atoms with Crippen LogP contribution >= 0.6 is 15.9 Å². The first-order chi connectivity index (χ1) is 5.24. The molecule has 64 valence electrons. The van der Waals surface area contributed by atoms with Gasteiger partial charge in [0, 0.05) is 17.8 Å². The van der Waals surface area contributed by atoms with Gasteiger partial charge in [-0.25, -0.2) is 0 Å². The van der Waals surface area contributed by atoms with E-state index in [9.17, 15) is 4.79 Å². The summed E-state index contributed by atoms with van der Waals surface area (Å²) in [7, 11) is 0. The maximum atomic E-state index is 11.2. The molecular weight excluding hydrogens is 206 g/mol. The van der Waals surface area contributed by atoms with E-state index in [1.54, 1.807) is 0 Å². The fraction of sp³-hybridized carbons (Fsp3) is 0.875. The van der Waals surface area contributed by atoms with Crippen LogP contribution in [0, 0.1) is 11.8 Å². The van der Waals surface area contributed by atoms with Crippen molar-refractivity contribution in [1.29, 1.82) is 0 Å². The number of hydrogen-bond acceptors (Lipinski definition) is 1. The van der Waals surface area contributed by atoms with E-state index in [1.807, 2.05) is 0 Å². The van der Waals surface area contributed by atoms with Gasteiger partial charge in [-0.3, -0.25) is 4.79 Å². The van der Waals surface area contributed by atoms with Crippen molar-refractivity contribution >= 4 is 21.8 Å². The zero-order chi connectivity index (χ0) is 8.27. The van der Waals surface area contributed by atoms with Crippen molar-refractivity contribution in [3.05, 3.63) is 0 Å². The van der Waals surface area contributed by atoms with Crippen LogP contribution in [0.1, 0.15) is 19.8 Å². The summed E-state index contributed by atoms with van der Waals surface area (Å²) in [5, 5.41) is 3.72. The number of amides is 1. The lowest BCUT2D eigenvalue weighted by Crippen LogP contribution is -2.38. The molecule has 1 fully saturated rings. The van der Waals surface area contributed by atoms with Gasteiger partial charge < -0.3 is 5.32 Å². The molecular formula is C8H14BrNO. The highest BCUT2D eigenvalue weighted by atomic mass is 79.9. The van der Waals surface area contributed by atoms with Gasteiger partial charge in [0.15, 0.2) is 0 Å². The lowest BCUT2D eigenvalue weighted by molar-refractivity contribution is -0.128. The first-order valence-corrected chi connectivity index (χ1v) is 5.20. The maximum Gasteiger partial charge on any atom is 0.223 e. The first-order valence-electron chi connectivity index (χ1n) is 4.07. The lowest BCUT2D eigenvalue weighted by atomic mass is 9.76. The Labute approximate surface area is 75.9 Å². The number of carbonyl (C=O) groups excluding carboxylic acids is 1. The van der Waals surface area contributed by atoms with Crippen LogP contribution in [0.2, 0.25) is 0 Å². The number of alkyl halides is 1. The predicted molar refractivity (Wildman–Crippen MR) is 48.7 cm³/mol. The van der Waals surface area contributed by atoms with Crippen molar-refractivity contribution in [3.8, 4) is 0 Å². The van der Waals surface area contributed by atoms with Gasteiger partial charge in [-0.05, 0) is 18.8 Å². The van der Waals surface area contributed by atoms with Gasteiger partial charge >= 0.3 is 0 Å². The Morgan fingerprint density at radius 3 is 2.73 bits per heavy atom. The van der Waals surface area contributed by atoms with Crippen LogP contribution < -0.4 is 5.32 Å².